The summed E-state index contributed by atoms with van der Waals surface area (Å²) in [6.45, 7) is 4.91. The van der Waals surface area contributed by atoms with Crippen LogP contribution >= 0.6 is 0 Å². The summed E-state index contributed by atoms with van der Waals surface area (Å²) < 4.78 is 0. The maximum absolute atomic E-state index is 2.46. The van der Waals surface area contributed by atoms with Crippen LogP contribution in [0.2, 0.25) is 0 Å². The lowest BCUT2D eigenvalue weighted by Crippen LogP contribution is -2.24. The zero-order chi connectivity index (χ0) is 9.10. The van der Waals surface area contributed by atoms with Crippen molar-refractivity contribution in [2.24, 2.45) is 22.7 Å². The first-order valence-electron chi connectivity index (χ1n) is 6.14. The van der Waals surface area contributed by atoms with E-state index in [0.29, 0.717) is 5.41 Å². The van der Waals surface area contributed by atoms with E-state index in [9.17, 15) is 0 Å². The molecule has 2 unspecified atom stereocenters. The van der Waals surface area contributed by atoms with Crippen LogP contribution < -0.4 is 0 Å². The Hall–Kier alpha value is 0. The van der Waals surface area contributed by atoms with Crippen molar-refractivity contribution >= 4 is 0 Å². The van der Waals surface area contributed by atoms with Crippen LogP contribution in [-0.2, 0) is 0 Å². The molecule has 0 saturated heterocycles. The lowest BCUT2D eigenvalue weighted by molar-refractivity contribution is 0.150. The molecule has 0 radical (unpaired) electrons. The minimum absolute atomic E-state index is 0.669. The molecule has 0 aromatic carbocycles. The SMILES string of the molecule is CC1(C)CCC2(CC1)C1CCCC12. The third kappa shape index (κ3) is 1.04. The van der Waals surface area contributed by atoms with Crippen molar-refractivity contribution in [2.45, 2.75) is 58.8 Å². The highest BCUT2D eigenvalue weighted by Crippen LogP contribution is 2.74. The quantitative estimate of drug-likeness (QED) is 0.526. The Balaban J connectivity index is 1.71. The van der Waals surface area contributed by atoms with Gasteiger partial charge in [-0.1, -0.05) is 20.3 Å². The second-order valence-corrected chi connectivity index (χ2v) is 6.54. The van der Waals surface area contributed by atoms with Gasteiger partial charge in [0, 0.05) is 0 Å². The van der Waals surface area contributed by atoms with Crippen molar-refractivity contribution < 1.29 is 0 Å². The summed E-state index contributed by atoms with van der Waals surface area (Å²) >= 11 is 0. The van der Waals surface area contributed by atoms with Crippen LogP contribution in [-0.4, -0.2) is 0 Å². The minimum Gasteiger partial charge on any atom is -0.0599 e. The smallest absolute Gasteiger partial charge is 0.0235 e. The first-order chi connectivity index (χ1) is 6.14. The number of hydrogen-bond donors (Lipinski definition) is 0. The average molecular weight is 178 g/mol. The molecule has 0 nitrogen and oxygen atoms in total. The van der Waals surface area contributed by atoms with Gasteiger partial charge >= 0.3 is 0 Å². The molecule has 74 valence electrons. The van der Waals surface area contributed by atoms with Crippen molar-refractivity contribution in [3.8, 4) is 0 Å². The van der Waals surface area contributed by atoms with Gasteiger partial charge in [-0.2, -0.15) is 0 Å². The van der Waals surface area contributed by atoms with E-state index in [2.05, 4.69) is 13.8 Å². The van der Waals surface area contributed by atoms with Gasteiger partial charge in [-0.3, -0.25) is 0 Å². The van der Waals surface area contributed by atoms with Crippen molar-refractivity contribution in [3.05, 3.63) is 0 Å². The van der Waals surface area contributed by atoms with Crippen LogP contribution in [0.3, 0.4) is 0 Å². The van der Waals surface area contributed by atoms with Crippen molar-refractivity contribution in [3.63, 3.8) is 0 Å². The van der Waals surface area contributed by atoms with Gasteiger partial charge in [0.15, 0.2) is 0 Å². The molecular weight excluding hydrogens is 156 g/mol. The van der Waals surface area contributed by atoms with Crippen molar-refractivity contribution in [2.75, 3.05) is 0 Å². The molecule has 13 heavy (non-hydrogen) atoms. The van der Waals surface area contributed by atoms with Gasteiger partial charge < -0.3 is 0 Å². The normalized spacial score (nSPS) is 44.8. The van der Waals surface area contributed by atoms with E-state index in [-0.39, 0.29) is 0 Å². The van der Waals surface area contributed by atoms with Crippen molar-refractivity contribution in [1.82, 2.24) is 0 Å². The standard InChI is InChI=1S/C13H22/c1-12(2)6-8-13(9-7-12)10-4-3-5-11(10)13/h10-11H,3-9H2,1-2H3. The fourth-order valence-electron chi connectivity index (χ4n) is 4.34. The molecular formula is C13H22. The fourth-order valence-corrected chi connectivity index (χ4v) is 4.34. The van der Waals surface area contributed by atoms with Crippen LogP contribution in [0.1, 0.15) is 58.8 Å². The van der Waals surface area contributed by atoms with Gasteiger partial charge in [0.05, 0.1) is 0 Å². The van der Waals surface area contributed by atoms with Crippen LogP contribution in [0.15, 0.2) is 0 Å². The topological polar surface area (TPSA) is 0 Å². The lowest BCUT2D eigenvalue weighted by atomic mass is 9.69. The molecule has 3 fully saturated rings. The Morgan fingerprint density at radius 1 is 0.846 bits per heavy atom. The molecule has 0 N–H and O–H groups in total. The average Bonchev–Trinajstić information content (AvgIpc) is 2.49. The second kappa shape index (κ2) is 2.32. The highest BCUT2D eigenvalue weighted by molar-refractivity contribution is 5.14. The van der Waals surface area contributed by atoms with Crippen LogP contribution in [0.5, 0.6) is 0 Å². The van der Waals surface area contributed by atoms with E-state index < -0.39 is 0 Å². The Morgan fingerprint density at radius 2 is 1.38 bits per heavy atom. The molecule has 0 heterocycles. The van der Waals surface area contributed by atoms with Gasteiger partial charge in [-0.15, -0.1) is 0 Å². The monoisotopic (exact) mass is 178 g/mol. The maximum atomic E-state index is 2.46. The minimum atomic E-state index is 0.669. The van der Waals surface area contributed by atoms with Gasteiger partial charge in [0.25, 0.3) is 0 Å². The zero-order valence-electron chi connectivity index (χ0n) is 9.10. The van der Waals surface area contributed by atoms with Gasteiger partial charge in [-0.25, -0.2) is 0 Å². The van der Waals surface area contributed by atoms with E-state index in [0.717, 1.165) is 5.41 Å². The van der Waals surface area contributed by atoms with Crippen LogP contribution in [0.25, 0.3) is 0 Å². The highest BCUT2D eigenvalue weighted by atomic mass is 14.7. The molecule has 0 aromatic rings. The molecule has 1 spiro atoms. The highest BCUT2D eigenvalue weighted by Gasteiger charge is 2.65. The predicted molar refractivity (Wildman–Crippen MR) is 55.5 cm³/mol. The van der Waals surface area contributed by atoms with E-state index in [1.165, 1.54) is 24.7 Å². The van der Waals surface area contributed by atoms with Gasteiger partial charge in [-0.05, 0) is 61.2 Å². The Bertz CT molecular complexity index is 204. The lowest BCUT2D eigenvalue weighted by Gasteiger charge is -2.36. The predicted octanol–water partition coefficient (Wildman–Crippen LogP) is 4.00. The molecule has 0 aromatic heterocycles. The second-order valence-electron chi connectivity index (χ2n) is 6.54. The molecule has 0 bridgehead atoms. The summed E-state index contributed by atoms with van der Waals surface area (Å²) in [6, 6.07) is 0. The van der Waals surface area contributed by atoms with E-state index in [1.807, 2.05) is 0 Å². The summed E-state index contributed by atoms with van der Waals surface area (Å²) in [5.74, 6) is 2.37. The van der Waals surface area contributed by atoms with Crippen LogP contribution in [0, 0.1) is 22.7 Å². The Morgan fingerprint density at radius 3 is 1.92 bits per heavy atom. The Labute approximate surface area is 82.1 Å². The molecule has 3 aliphatic carbocycles. The third-order valence-electron chi connectivity index (χ3n) is 5.42. The summed E-state index contributed by atoms with van der Waals surface area (Å²) in [6.07, 6.45) is 10.8. The summed E-state index contributed by atoms with van der Waals surface area (Å²) in [5.41, 5.74) is 1.57. The number of fused-ring (bicyclic) bond motifs is 3. The van der Waals surface area contributed by atoms with E-state index in [1.54, 1.807) is 32.1 Å². The summed E-state index contributed by atoms with van der Waals surface area (Å²) in [5, 5.41) is 0. The molecule has 0 aliphatic heterocycles. The first kappa shape index (κ1) is 8.32. The maximum Gasteiger partial charge on any atom is -0.0235 e. The van der Waals surface area contributed by atoms with Gasteiger partial charge in [0.1, 0.15) is 0 Å². The molecule has 0 heteroatoms. The molecule has 3 rings (SSSR count). The van der Waals surface area contributed by atoms with E-state index in [4.69, 9.17) is 0 Å². The Kier molecular flexibility index (Phi) is 1.49. The van der Waals surface area contributed by atoms with Crippen molar-refractivity contribution in [1.29, 1.82) is 0 Å². The van der Waals surface area contributed by atoms with E-state index >= 15 is 0 Å². The fraction of sp³-hybridized carbons (Fsp3) is 1.00. The molecule has 3 saturated carbocycles. The molecule has 2 atom stereocenters. The zero-order valence-corrected chi connectivity index (χ0v) is 9.10. The summed E-state index contributed by atoms with van der Waals surface area (Å²) in [7, 11) is 0. The largest absolute Gasteiger partial charge is 0.0599 e. The summed E-state index contributed by atoms with van der Waals surface area (Å²) in [4.78, 5) is 0. The third-order valence-corrected chi connectivity index (χ3v) is 5.42. The first-order valence-corrected chi connectivity index (χ1v) is 6.14. The molecule has 3 aliphatic rings. The molecule has 0 amide bonds. The van der Waals surface area contributed by atoms with Crippen LogP contribution in [0.4, 0.5) is 0 Å². The number of hydrogen-bond acceptors (Lipinski definition) is 0. The van der Waals surface area contributed by atoms with Gasteiger partial charge in [0.2, 0.25) is 0 Å². The number of rotatable bonds is 0.